The van der Waals surface area contributed by atoms with E-state index in [9.17, 15) is 9.59 Å². The zero-order chi connectivity index (χ0) is 21.5. The number of nitrogens with zero attached hydrogens (tertiary/aromatic N) is 1. The van der Waals surface area contributed by atoms with Crippen molar-refractivity contribution >= 4 is 27.7 Å². The lowest BCUT2D eigenvalue weighted by atomic mass is 9.95. The minimum Gasteiger partial charge on any atom is -0.352 e. The van der Waals surface area contributed by atoms with Gasteiger partial charge in [0.25, 0.3) is 0 Å². The maximum absolute atomic E-state index is 13.3. The van der Waals surface area contributed by atoms with Gasteiger partial charge in [0.15, 0.2) is 0 Å². The van der Waals surface area contributed by atoms with Crippen molar-refractivity contribution < 1.29 is 9.59 Å². The molecule has 1 saturated carbocycles. The molecule has 0 spiro atoms. The van der Waals surface area contributed by atoms with Gasteiger partial charge in [-0.05, 0) is 49.9 Å². The fraction of sp³-hybridized carbons (Fsp3) is 0.440. The van der Waals surface area contributed by atoms with Gasteiger partial charge in [-0.3, -0.25) is 9.59 Å². The van der Waals surface area contributed by atoms with Crippen LogP contribution in [0.3, 0.4) is 0 Å². The molecule has 0 saturated heterocycles. The van der Waals surface area contributed by atoms with Crippen LogP contribution in [0.5, 0.6) is 0 Å². The predicted octanol–water partition coefficient (Wildman–Crippen LogP) is 5.17. The molecule has 1 N–H and O–H groups in total. The first kappa shape index (κ1) is 22.5. The molecule has 1 unspecified atom stereocenters. The van der Waals surface area contributed by atoms with Crippen LogP contribution in [0.15, 0.2) is 53.0 Å². The average molecular weight is 471 g/mol. The standard InChI is InChI=1S/C25H31BrN2O2/c1-18-7-6-8-21(15-18)16-24(29)28(17-20-11-13-22(26)14-12-20)19(2)25(30)27-23-9-4-3-5-10-23/h6-8,11-15,19,23H,3-5,9-10,16-17H2,1-2H3,(H,27,30). The van der Waals surface area contributed by atoms with Crippen molar-refractivity contribution in [1.82, 2.24) is 10.2 Å². The summed E-state index contributed by atoms with van der Waals surface area (Å²) >= 11 is 3.45. The predicted molar refractivity (Wildman–Crippen MR) is 124 cm³/mol. The smallest absolute Gasteiger partial charge is 0.242 e. The van der Waals surface area contributed by atoms with Crippen LogP contribution in [0.4, 0.5) is 0 Å². The molecule has 1 fully saturated rings. The summed E-state index contributed by atoms with van der Waals surface area (Å²) in [6, 6.07) is 15.6. The fourth-order valence-corrected chi connectivity index (χ4v) is 4.30. The van der Waals surface area contributed by atoms with E-state index in [0.717, 1.165) is 46.8 Å². The second-order valence-electron chi connectivity index (χ2n) is 8.33. The summed E-state index contributed by atoms with van der Waals surface area (Å²) in [7, 11) is 0. The van der Waals surface area contributed by atoms with E-state index in [0.29, 0.717) is 13.0 Å². The van der Waals surface area contributed by atoms with E-state index in [1.807, 2.05) is 62.4 Å². The molecule has 2 aromatic rings. The molecule has 0 aliphatic heterocycles. The van der Waals surface area contributed by atoms with Crippen molar-refractivity contribution in [3.8, 4) is 0 Å². The summed E-state index contributed by atoms with van der Waals surface area (Å²) in [5.74, 6) is -0.0913. The van der Waals surface area contributed by atoms with Crippen molar-refractivity contribution in [2.45, 2.75) is 71.0 Å². The number of aryl methyl sites for hydroxylation is 1. The van der Waals surface area contributed by atoms with Gasteiger partial charge in [0, 0.05) is 17.1 Å². The number of hydrogen-bond donors (Lipinski definition) is 1. The summed E-state index contributed by atoms with van der Waals surface area (Å²) in [6.45, 7) is 4.27. The molecule has 2 amide bonds. The summed E-state index contributed by atoms with van der Waals surface area (Å²) in [5, 5.41) is 3.18. The molecule has 0 aromatic heterocycles. The Kier molecular flexibility index (Phi) is 8.08. The quantitative estimate of drug-likeness (QED) is 0.606. The summed E-state index contributed by atoms with van der Waals surface area (Å²) in [4.78, 5) is 28.0. The van der Waals surface area contributed by atoms with Crippen LogP contribution in [0, 0.1) is 6.92 Å². The van der Waals surface area contributed by atoms with E-state index in [4.69, 9.17) is 0 Å². The number of rotatable bonds is 7. The van der Waals surface area contributed by atoms with Crippen LogP contribution in [0.1, 0.15) is 55.7 Å². The number of amides is 2. The third kappa shape index (κ3) is 6.43. The van der Waals surface area contributed by atoms with E-state index in [1.165, 1.54) is 6.42 Å². The van der Waals surface area contributed by atoms with Gasteiger partial charge in [-0.15, -0.1) is 0 Å². The summed E-state index contributed by atoms with van der Waals surface area (Å²) in [6.07, 6.45) is 5.92. The van der Waals surface area contributed by atoms with Crippen molar-refractivity contribution in [3.05, 3.63) is 69.7 Å². The van der Waals surface area contributed by atoms with Gasteiger partial charge in [0.1, 0.15) is 6.04 Å². The molecule has 1 aliphatic rings. The second kappa shape index (κ2) is 10.8. The number of carbonyl (C=O) groups excluding carboxylic acids is 2. The lowest BCUT2D eigenvalue weighted by molar-refractivity contribution is -0.140. The Hall–Kier alpha value is -2.14. The van der Waals surface area contributed by atoms with Crippen LogP contribution in [-0.2, 0) is 22.6 Å². The Labute approximate surface area is 188 Å². The molecule has 5 heteroatoms. The molecule has 4 nitrogen and oxygen atoms in total. The molecular weight excluding hydrogens is 440 g/mol. The molecule has 30 heavy (non-hydrogen) atoms. The molecular formula is C25H31BrN2O2. The van der Waals surface area contributed by atoms with Gasteiger partial charge in [0.05, 0.1) is 6.42 Å². The molecule has 3 rings (SSSR count). The minimum atomic E-state index is -0.520. The number of carbonyl (C=O) groups is 2. The highest BCUT2D eigenvalue weighted by Gasteiger charge is 2.28. The van der Waals surface area contributed by atoms with Gasteiger partial charge < -0.3 is 10.2 Å². The van der Waals surface area contributed by atoms with E-state index >= 15 is 0 Å². The van der Waals surface area contributed by atoms with Crippen molar-refractivity contribution in [3.63, 3.8) is 0 Å². The largest absolute Gasteiger partial charge is 0.352 e. The summed E-state index contributed by atoms with van der Waals surface area (Å²) in [5.41, 5.74) is 3.11. The minimum absolute atomic E-state index is 0.0326. The van der Waals surface area contributed by atoms with E-state index in [-0.39, 0.29) is 17.9 Å². The van der Waals surface area contributed by atoms with Crippen molar-refractivity contribution in [1.29, 1.82) is 0 Å². The molecule has 160 valence electrons. The third-order valence-corrected chi connectivity index (χ3v) is 6.35. The Balaban J connectivity index is 1.75. The molecule has 1 aliphatic carbocycles. The molecule has 0 radical (unpaired) electrons. The second-order valence-corrected chi connectivity index (χ2v) is 9.25. The highest BCUT2D eigenvalue weighted by Crippen LogP contribution is 2.19. The van der Waals surface area contributed by atoms with E-state index < -0.39 is 6.04 Å². The zero-order valence-electron chi connectivity index (χ0n) is 17.9. The first-order valence-electron chi connectivity index (χ1n) is 10.8. The average Bonchev–Trinajstić information content (AvgIpc) is 2.73. The van der Waals surface area contributed by atoms with Crippen LogP contribution in [0.2, 0.25) is 0 Å². The maximum atomic E-state index is 13.3. The van der Waals surface area contributed by atoms with Crippen LogP contribution < -0.4 is 5.32 Å². The molecule has 1 atom stereocenters. The number of benzene rings is 2. The molecule has 0 bridgehead atoms. The first-order valence-corrected chi connectivity index (χ1v) is 11.6. The van der Waals surface area contributed by atoms with Crippen molar-refractivity contribution in [2.24, 2.45) is 0 Å². The molecule has 2 aromatic carbocycles. The monoisotopic (exact) mass is 470 g/mol. The lowest BCUT2D eigenvalue weighted by Gasteiger charge is -2.31. The summed E-state index contributed by atoms with van der Waals surface area (Å²) < 4.78 is 0.993. The van der Waals surface area contributed by atoms with Gasteiger partial charge in [-0.1, -0.05) is 77.2 Å². The van der Waals surface area contributed by atoms with Crippen LogP contribution >= 0.6 is 15.9 Å². The van der Waals surface area contributed by atoms with E-state index in [2.05, 4.69) is 21.2 Å². The first-order chi connectivity index (χ1) is 14.4. The maximum Gasteiger partial charge on any atom is 0.242 e. The molecule has 0 heterocycles. The normalized spacial score (nSPS) is 15.4. The Morgan fingerprint density at radius 2 is 1.77 bits per heavy atom. The van der Waals surface area contributed by atoms with Gasteiger partial charge in [0.2, 0.25) is 11.8 Å². The Morgan fingerprint density at radius 3 is 2.43 bits per heavy atom. The number of hydrogen-bond acceptors (Lipinski definition) is 2. The Morgan fingerprint density at radius 1 is 1.07 bits per heavy atom. The highest BCUT2D eigenvalue weighted by atomic mass is 79.9. The number of nitrogens with one attached hydrogen (secondary N) is 1. The SMILES string of the molecule is Cc1cccc(CC(=O)N(Cc2ccc(Br)cc2)C(C)C(=O)NC2CCCCC2)c1. The van der Waals surface area contributed by atoms with Crippen molar-refractivity contribution in [2.75, 3.05) is 0 Å². The zero-order valence-corrected chi connectivity index (χ0v) is 19.5. The fourth-order valence-electron chi connectivity index (χ4n) is 4.04. The Bertz CT molecular complexity index is 860. The van der Waals surface area contributed by atoms with Gasteiger partial charge in [-0.25, -0.2) is 0 Å². The van der Waals surface area contributed by atoms with E-state index in [1.54, 1.807) is 4.90 Å². The van der Waals surface area contributed by atoms with Gasteiger partial charge >= 0.3 is 0 Å². The topological polar surface area (TPSA) is 49.4 Å². The van der Waals surface area contributed by atoms with Crippen LogP contribution in [0.25, 0.3) is 0 Å². The number of halogens is 1. The van der Waals surface area contributed by atoms with Crippen LogP contribution in [-0.4, -0.2) is 28.8 Å². The lowest BCUT2D eigenvalue weighted by Crippen LogP contribution is -2.50. The highest BCUT2D eigenvalue weighted by molar-refractivity contribution is 9.10. The third-order valence-electron chi connectivity index (χ3n) is 5.82. The van der Waals surface area contributed by atoms with Gasteiger partial charge in [-0.2, -0.15) is 0 Å².